The molecule has 0 unspecified atom stereocenters. The van der Waals surface area contributed by atoms with Crippen LogP contribution in [0, 0.1) is 0 Å². The highest BCUT2D eigenvalue weighted by molar-refractivity contribution is 5.85. The minimum Gasteiger partial charge on any atom is -0.395 e. The predicted molar refractivity (Wildman–Crippen MR) is 57.5 cm³/mol. The fourth-order valence-corrected chi connectivity index (χ4v) is 1.64. The first-order valence-corrected chi connectivity index (χ1v) is 4.89. The van der Waals surface area contributed by atoms with Gasteiger partial charge in [-0.1, -0.05) is 12.1 Å². The molecule has 2 N–H and O–H groups in total. The number of rotatable bonds is 2. The number of ether oxygens (including phenoxy) is 2. The molecular formula is C10H9ClF5NO2. The fraction of sp³-hybridized carbons (Fsp3) is 0.400. The van der Waals surface area contributed by atoms with Crippen molar-refractivity contribution < 1.29 is 31.4 Å². The molecule has 0 aromatic heterocycles. The van der Waals surface area contributed by atoms with E-state index in [0.29, 0.717) is 0 Å². The van der Waals surface area contributed by atoms with Crippen LogP contribution in [-0.4, -0.2) is 12.5 Å². The summed E-state index contributed by atoms with van der Waals surface area (Å²) < 4.78 is 70.5. The largest absolute Gasteiger partial charge is 0.586 e. The number of hydrogen-bond acceptors (Lipinski definition) is 3. The number of alkyl halides is 5. The Morgan fingerprint density at radius 3 is 2.42 bits per heavy atom. The Kier molecular flexibility index (Phi) is 4.16. The molecule has 0 amide bonds. The van der Waals surface area contributed by atoms with E-state index in [1.807, 2.05) is 0 Å². The van der Waals surface area contributed by atoms with E-state index in [-0.39, 0.29) is 23.7 Å². The highest BCUT2D eigenvalue weighted by Gasteiger charge is 2.45. The number of halogens is 6. The third-order valence-corrected chi connectivity index (χ3v) is 2.31. The van der Waals surface area contributed by atoms with Gasteiger partial charge in [0.05, 0.1) is 6.42 Å². The maximum Gasteiger partial charge on any atom is 0.586 e. The topological polar surface area (TPSA) is 44.5 Å². The number of para-hydroxylation sites is 1. The van der Waals surface area contributed by atoms with E-state index < -0.39 is 30.7 Å². The van der Waals surface area contributed by atoms with Crippen LogP contribution < -0.4 is 15.2 Å². The van der Waals surface area contributed by atoms with E-state index in [1.54, 1.807) is 0 Å². The molecule has 1 heterocycles. The van der Waals surface area contributed by atoms with Crippen LogP contribution in [0.4, 0.5) is 22.0 Å². The van der Waals surface area contributed by atoms with Gasteiger partial charge in [0.2, 0.25) is 0 Å². The van der Waals surface area contributed by atoms with Crippen LogP contribution >= 0.6 is 12.4 Å². The van der Waals surface area contributed by atoms with Crippen molar-refractivity contribution >= 4 is 12.4 Å². The summed E-state index contributed by atoms with van der Waals surface area (Å²) in [5.74, 6) is -0.769. The molecule has 19 heavy (non-hydrogen) atoms. The number of hydrogen-bond donors (Lipinski definition) is 1. The molecule has 0 spiro atoms. The van der Waals surface area contributed by atoms with E-state index >= 15 is 0 Å². The lowest BCUT2D eigenvalue weighted by Crippen LogP contribution is -2.26. The highest BCUT2D eigenvalue weighted by Crippen LogP contribution is 2.46. The van der Waals surface area contributed by atoms with Crippen molar-refractivity contribution in [2.45, 2.75) is 24.9 Å². The van der Waals surface area contributed by atoms with Crippen LogP contribution in [0.5, 0.6) is 11.5 Å². The summed E-state index contributed by atoms with van der Waals surface area (Å²) in [5.41, 5.74) is 5.18. The predicted octanol–water partition coefficient (Wildman–Crippen LogP) is 3.38. The van der Waals surface area contributed by atoms with Gasteiger partial charge >= 0.3 is 12.5 Å². The number of nitrogens with two attached hydrogens (primary N) is 1. The molecule has 3 nitrogen and oxygen atoms in total. The summed E-state index contributed by atoms with van der Waals surface area (Å²) in [4.78, 5) is 0. The maximum atomic E-state index is 12.8. The average molecular weight is 306 g/mol. The van der Waals surface area contributed by atoms with E-state index in [4.69, 9.17) is 5.73 Å². The molecule has 2 rings (SSSR count). The van der Waals surface area contributed by atoms with E-state index in [2.05, 4.69) is 9.47 Å². The zero-order chi connectivity index (χ0) is 13.6. The zero-order valence-corrected chi connectivity index (χ0v) is 10.0. The highest BCUT2D eigenvalue weighted by atomic mass is 35.5. The van der Waals surface area contributed by atoms with Gasteiger partial charge in [0.15, 0.2) is 11.5 Å². The van der Waals surface area contributed by atoms with Crippen molar-refractivity contribution in [1.82, 2.24) is 0 Å². The Labute approximate surface area is 110 Å². The molecule has 108 valence electrons. The Morgan fingerprint density at radius 1 is 1.21 bits per heavy atom. The normalized spacial score (nSPS) is 17.8. The summed E-state index contributed by atoms with van der Waals surface area (Å²) in [6, 6.07) is 2.15. The molecule has 1 aliphatic heterocycles. The lowest BCUT2D eigenvalue weighted by molar-refractivity contribution is -0.287. The van der Waals surface area contributed by atoms with E-state index in [0.717, 1.165) is 0 Å². The van der Waals surface area contributed by atoms with Crippen molar-refractivity contribution in [3.8, 4) is 11.5 Å². The number of benzene rings is 1. The molecule has 0 saturated carbocycles. The Hall–Kier alpha value is -1.28. The van der Waals surface area contributed by atoms with Gasteiger partial charge in [-0.05, 0) is 6.07 Å². The molecule has 0 aliphatic carbocycles. The summed E-state index contributed by atoms with van der Waals surface area (Å²) in [7, 11) is 0. The molecule has 1 aliphatic rings. The monoisotopic (exact) mass is 305 g/mol. The lowest BCUT2D eigenvalue weighted by atomic mass is 10.0. The molecule has 0 saturated heterocycles. The minimum atomic E-state index is -4.50. The maximum absolute atomic E-state index is 12.8. The molecule has 0 fully saturated rings. The van der Waals surface area contributed by atoms with Crippen LogP contribution in [0.1, 0.15) is 18.0 Å². The van der Waals surface area contributed by atoms with Gasteiger partial charge in [0.1, 0.15) is 0 Å². The van der Waals surface area contributed by atoms with Gasteiger partial charge in [0, 0.05) is 11.6 Å². The third kappa shape index (κ3) is 3.60. The Morgan fingerprint density at radius 2 is 1.84 bits per heavy atom. The lowest BCUT2D eigenvalue weighted by Gasteiger charge is -2.16. The fourth-order valence-electron chi connectivity index (χ4n) is 1.64. The minimum absolute atomic E-state index is 0. The molecule has 0 radical (unpaired) electrons. The SMILES string of the molecule is Cl.N[C@H](CC(F)(F)F)c1cccc2c1OC(F)(F)O2. The van der Waals surface area contributed by atoms with Crippen LogP contribution in [0.25, 0.3) is 0 Å². The molecule has 1 atom stereocenters. The second-order valence-electron chi connectivity index (χ2n) is 3.77. The van der Waals surface area contributed by atoms with E-state index in [9.17, 15) is 22.0 Å². The summed E-state index contributed by atoms with van der Waals surface area (Å²) in [6.45, 7) is 0. The van der Waals surface area contributed by atoms with Crippen molar-refractivity contribution in [3.05, 3.63) is 23.8 Å². The molecule has 1 aromatic carbocycles. The first-order valence-electron chi connectivity index (χ1n) is 4.89. The summed E-state index contributed by atoms with van der Waals surface area (Å²) in [6.07, 6.45) is -9.71. The molecule has 1 aromatic rings. The Balaban J connectivity index is 0.00000180. The van der Waals surface area contributed by atoms with Crippen molar-refractivity contribution in [3.63, 3.8) is 0 Å². The second kappa shape index (κ2) is 5.01. The van der Waals surface area contributed by atoms with Gasteiger partial charge in [-0.2, -0.15) is 13.2 Å². The van der Waals surface area contributed by atoms with Crippen molar-refractivity contribution in [2.24, 2.45) is 5.73 Å². The first kappa shape index (κ1) is 15.8. The smallest absolute Gasteiger partial charge is 0.395 e. The van der Waals surface area contributed by atoms with Crippen molar-refractivity contribution in [1.29, 1.82) is 0 Å². The van der Waals surface area contributed by atoms with Crippen LogP contribution in [0.3, 0.4) is 0 Å². The molecular weight excluding hydrogens is 297 g/mol. The second-order valence-corrected chi connectivity index (χ2v) is 3.77. The van der Waals surface area contributed by atoms with Crippen LogP contribution in [0.2, 0.25) is 0 Å². The number of fused-ring (bicyclic) bond motifs is 1. The average Bonchev–Trinajstić information content (AvgIpc) is 2.47. The van der Waals surface area contributed by atoms with Crippen molar-refractivity contribution in [2.75, 3.05) is 0 Å². The quantitative estimate of drug-likeness (QED) is 0.852. The first-order chi connectivity index (χ1) is 8.18. The van der Waals surface area contributed by atoms with Gasteiger partial charge in [0.25, 0.3) is 0 Å². The summed E-state index contributed by atoms with van der Waals surface area (Å²) in [5, 5.41) is 0. The van der Waals surface area contributed by atoms with Gasteiger partial charge in [-0.25, -0.2) is 0 Å². The van der Waals surface area contributed by atoms with Gasteiger partial charge < -0.3 is 15.2 Å². The third-order valence-electron chi connectivity index (χ3n) is 2.31. The van der Waals surface area contributed by atoms with Gasteiger partial charge in [-0.3, -0.25) is 0 Å². The molecule has 9 heteroatoms. The van der Waals surface area contributed by atoms with E-state index in [1.165, 1.54) is 18.2 Å². The van der Waals surface area contributed by atoms with Crippen LogP contribution in [0.15, 0.2) is 18.2 Å². The zero-order valence-electron chi connectivity index (χ0n) is 9.21. The summed E-state index contributed by atoms with van der Waals surface area (Å²) >= 11 is 0. The standard InChI is InChI=1S/C10H8F5NO2.ClH/c11-9(12,13)4-6(16)5-2-1-3-7-8(5)18-10(14,15)17-7;/h1-3,6H,4,16H2;1H/t6-;/m1./s1. The Bertz CT molecular complexity index is 466. The van der Waals surface area contributed by atoms with Gasteiger partial charge in [-0.15, -0.1) is 21.2 Å². The van der Waals surface area contributed by atoms with Crippen LogP contribution in [-0.2, 0) is 0 Å². The molecule has 0 bridgehead atoms.